The Hall–Kier alpha value is -1.79. The number of rotatable bonds is 4. The van der Waals surface area contributed by atoms with Gasteiger partial charge in [-0.05, 0) is 19.1 Å². The molecule has 0 atom stereocenters. The highest BCUT2D eigenvalue weighted by Crippen LogP contribution is 2.25. The molecular weight excluding hydrogens is 255 g/mol. The van der Waals surface area contributed by atoms with E-state index in [9.17, 15) is 9.18 Å². The number of halogens is 1. The maximum atomic E-state index is 13.5. The monoisotopic (exact) mass is 266 g/mol. The Labute approximate surface area is 107 Å². The van der Waals surface area contributed by atoms with Gasteiger partial charge in [-0.1, -0.05) is 12.1 Å². The molecule has 2 aromatic rings. The van der Waals surface area contributed by atoms with Crippen LogP contribution in [0, 0.1) is 5.82 Å². The summed E-state index contributed by atoms with van der Waals surface area (Å²) in [4.78, 5) is 20.4. The third-order valence-corrected chi connectivity index (χ3v) is 3.03. The van der Waals surface area contributed by atoms with E-state index in [1.165, 1.54) is 17.4 Å². The van der Waals surface area contributed by atoms with Crippen LogP contribution in [0.15, 0.2) is 29.6 Å². The maximum absolute atomic E-state index is 13.5. The van der Waals surface area contributed by atoms with Gasteiger partial charge in [0.25, 0.3) is 5.91 Å². The zero-order chi connectivity index (χ0) is 13.0. The minimum absolute atomic E-state index is 0.215. The lowest BCUT2D eigenvalue weighted by Crippen LogP contribution is -2.23. The van der Waals surface area contributed by atoms with Gasteiger partial charge < -0.3 is 0 Å². The van der Waals surface area contributed by atoms with Crippen molar-refractivity contribution in [2.24, 2.45) is 0 Å². The number of carbonyl (C=O) groups is 1. The van der Waals surface area contributed by atoms with Gasteiger partial charge in [-0.15, -0.1) is 11.3 Å². The van der Waals surface area contributed by atoms with Gasteiger partial charge in [0, 0.05) is 10.9 Å². The Morgan fingerprint density at radius 2 is 2.28 bits per heavy atom. The van der Waals surface area contributed by atoms with Crippen LogP contribution in [-0.2, 0) is 4.84 Å². The average molecular weight is 266 g/mol. The minimum atomic E-state index is -0.435. The normalized spacial score (nSPS) is 10.3. The molecule has 1 aromatic carbocycles. The molecule has 0 bridgehead atoms. The molecule has 0 unspecified atom stereocenters. The van der Waals surface area contributed by atoms with E-state index in [2.05, 4.69) is 10.5 Å². The largest absolute Gasteiger partial charge is 0.294 e. The number of aromatic nitrogens is 1. The van der Waals surface area contributed by atoms with Crippen LogP contribution in [0.3, 0.4) is 0 Å². The van der Waals surface area contributed by atoms with Crippen LogP contribution in [0.2, 0.25) is 0 Å². The molecule has 18 heavy (non-hydrogen) atoms. The number of hydrogen-bond donors (Lipinski definition) is 1. The molecule has 4 nitrogen and oxygen atoms in total. The Bertz CT molecular complexity index is 557. The SMILES string of the molecule is CCONC(=O)c1csc(-c2ccccc2F)n1. The molecule has 0 aliphatic rings. The van der Waals surface area contributed by atoms with Crippen molar-refractivity contribution in [2.75, 3.05) is 6.61 Å². The molecule has 2 rings (SSSR count). The standard InChI is InChI=1S/C12H11FN2O2S/c1-2-17-15-11(16)10-7-18-12(14-10)8-5-3-4-6-9(8)13/h3-7H,2H2,1H3,(H,15,16). The highest BCUT2D eigenvalue weighted by atomic mass is 32.1. The number of hydrogen-bond acceptors (Lipinski definition) is 4. The van der Waals surface area contributed by atoms with Crippen LogP contribution in [-0.4, -0.2) is 17.5 Å². The van der Waals surface area contributed by atoms with E-state index in [0.29, 0.717) is 17.2 Å². The second-order valence-corrected chi connectivity index (χ2v) is 4.24. The lowest BCUT2D eigenvalue weighted by molar-refractivity contribution is 0.0360. The van der Waals surface area contributed by atoms with Crippen molar-refractivity contribution < 1.29 is 14.0 Å². The zero-order valence-corrected chi connectivity index (χ0v) is 10.5. The summed E-state index contributed by atoms with van der Waals surface area (Å²) >= 11 is 1.21. The van der Waals surface area contributed by atoms with Gasteiger partial charge in [0.1, 0.15) is 16.5 Å². The van der Waals surface area contributed by atoms with E-state index >= 15 is 0 Å². The molecule has 0 fully saturated rings. The first-order valence-corrected chi connectivity index (χ1v) is 6.23. The van der Waals surface area contributed by atoms with E-state index in [0.717, 1.165) is 0 Å². The molecule has 0 saturated carbocycles. The van der Waals surface area contributed by atoms with Crippen molar-refractivity contribution >= 4 is 17.2 Å². The Morgan fingerprint density at radius 1 is 1.50 bits per heavy atom. The zero-order valence-electron chi connectivity index (χ0n) is 9.64. The Kier molecular flexibility index (Phi) is 4.01. The van der Waals surface area contributed by atoms with E-state index in [1.807, 2.05) is 0 Å². The second kappa shape index (κ2) is 5.70. The fourth-order valence-electron chi connectivity index (χ4n) is 1.33. The predicted octanol–water partition coefficient (Wildman–Crippen LogP) is 2.63. The molecule has 0 aliphatic heterocycles. The lowest BCUT2D eigenvalue weighted by atomic mass is 10.2. The third kappa shape index (κ3) is 2.72. The number of hydroxylamine groups is 1. The van der Waals surface area contributed by atoms with Gasteiger partial charge in [0.15, 0.2) is 0 Å². The average Bonchev–Trinajstić information content (AvgIpc) is 2.86. The maximum Gasteiger partial charge on any atom is 0.294 e. The smallest absolute Gasteiger partial charge is 0.274 e. The number of nitrogens with one attached hydrogen (secondary N) is 1. The lowest BCUT2D eigenvalue weighted by Gasteiger charge is -2.00. The molecule has 0 saturated heterocycles. The fraction of sp³-hybridized carbons (Fsp3) is 0.167. The van der Waals surface area contributed by atoms with Gasteiger partial charge >= 0.3 is 0 Å². The molecule has 94 valence electrons. The third-order valence-electron chi connectivity index (χ3n) is 2.15. The Morgan fingerprint density at radius 3 is 3.00 bits per heavy atom. The summed E-state index contributed by atoms with van der Waals surface area (Å²) in [6.07, 6.45) is 0. The van der Waals surface area contributed by atoms with Crippen molar-refractivity contribution in [3.05, 3.63) is 41.2 Å². The summed E-state index contributed by atoms with van der Waals surface area (Å²) in [6.45, 7) is 2.13. The summed E-state index contributed by atoms with van der Waals surface area (Å²) in [6, 6.07) is 6.31. The summed E-state index contributed by atoms with van der Waals surface area (Å²) in [5.74, 6) is -0.792. The van der Waals surface area contributed by atoms with Crippen LogP contribution >= 0.6 is 11.3 Å². The molecule has 6 heteroatoms. The van der Waals surface area contributed by atoms with Gasteiger partial charge in [-0.3, -0.25) is 9.63 Å². The van der Waals surface area contributed by atoms with Crippen LogP contribution < -0.4 is 5.48 Å². The predicted molar refractivity (Wildman–Crippen MR) is 66.6 cm³/mol. The summed E-state index contributed by atoms with van der Waals surface area (Å²) < 4.78 is 13.5. The van der Waals surface area contributed by atoms with Crippen molar-refractivity contribution in [2.45, 2.75) is 6.92 Å². The first-order chi connectivity index (χ1) is 8.72. The molecule has 0 spiro atoms. The molecule has 0 aliphatic carbocycles. The van der Waals surface area contributed by atoms with Crippen molar-refractivity contribution in [3.8, 4) is 10.6 Å². The van der Waals surface area contributed by atoms with E-state index in [1.54, 1.807) is 30.5 Å². The quantitative estimate of drug-likeness (QED) is 0.865. The molecule has 1 aromatic heterocycles. The number of amides is 1. The number of thiazole rings is 1. The molecule has 1 heterocycles. The van der Waals surface area contributed by atoms with Crippen molar-refractivity contribution in [1.29, 1.82) is 0 Å². The van der Waals surface area contributed by atoms with Gasteiger partial charge in [0.05, 0.1) is 6.61 Å². The fourth-order valence-corrected chi connectivity index (χ4v) is 2.15. The summed E-state index contributed by atoms with van der Waals surface area (Å²) in [5.41, 5.74) is 2.84. The summed E-state index contributed by atoms with van der Waals surface area (Å²) in [7, 11) is 0. The van der Waals surface area contributed by atoms with Crippen molar-refractivity contribution in [1.82, 2.24) is 10.5 Å². The first-order valence-electron chi connectivity index (χ1n) is 5.35. The molecule has 1 N–H and O–H groups in total. The van der Waals surface area contributed by atoms with Crippen LogP contribution in [0.5, 0.6) is 0 Å². The number of benzene rings is 1. The van der Waals surface area contributed by atoms with E-state index in [-0.39, 0.29) is 11.5 Å². The van der Waals surface area contributed by atoms with Crippen molar-refractivity contribution in [3.63, 3.8) is 0 Å². The van der Waals surface area contributed by atoms with Gasteiger partial charge in [0.2, 0.25) is 0 Å². The topological polar surface area (TPSA) is 51.2 Å². The van der Waals surface area contributed by atoms with Gasteiger partial charge in [-0.25, -0.2) is 14.9 Å². The van der Waals surface area contributed by atoms with Crippen LogP contribution in [0.25, 0.3) is 10.6 Å². The van der Waals surface area contributed by atoms with Crippen LogP contribution in [0.1, 0.15) is 17.4 Å². The molecule has 1 amide bonds. The van der Waals surface area contributed by atoms with Gasteiger partial charge in [-0.2, -0.15) is 0 Å². The number of nitrogens with zero attached hydrogens (tertiary/aromatic N) is 1. The summed E-state index contributed by atoms with van der Waals surface area (Å²) in [5, 5.41) is 2.03. The van der Waals surface area contributed by atoms with E-state index < -0.39 is 5.91 Å². The highest BCUT2D eigenvalue weighted by molar-refractivity contribution is 7.13. The molecular formula is C12H11FN2O2S. The molecule has 0 radical (unpaired) electrons. The first kappa shape index (κ1) is 12.7. The minimum Gasteiger partial charge on any atom is -0.274 e. The van der Waals surface area contributed by atoms with Crippen LogP contribution in [0.4, 0.5) is 4.39 Å². The second-order valence-electron chi connectivity index (χ2n) is 3.38. The Balaban J connectivity index is 2.21. The highest BCUT2D eigenvalue weighted by Gasteiger charge is 2.13. The van der Waals surface area contributed by atoms with E-state index in [4.69, 9.17) is 4.84 Å². The number of carbonyl (C=O) groups excluding carboxylic acids is 1.